The van der Waals surface area contributed by atoms with E-state index in [0.717, 1.165) is 11.3 Å². The van der Waals surface area contributed by atoms with Crippen LogP contribution in [0.1, 0.15) is 6.92 Å². The second-order valence-electron chi connectivity index (χ2n) is 5.85. The summed E-state index contributed by atoms with van der Waals surface area (Å²) in [5.41, 5.74) is 1.61. The van der Waals surface area contributed by atoms with Crippen LogP contribution in [-0.2, 0) is 11.3 Å². The zero-order valence-corrected chi connectivity index (χ0v) is 16.8. The smallest absolute Gasteiger partial charge is 0.234 e. The van der Waals surface area contributed by atoms with E-state index in [4.69, 9.17) is 9.47 Å². The quantitative estimate of drug-likeness (QED) is 0.583. The summed E-state index contributed by atoms with van der Waals surface area (Å²) in [6, 6.07) is 14.9. The number of anilines is 1. The highest BCUT2D eigenvalue weighted by Gasteiger charge is 2.16. The maximum atomic E-state index is 12.2. The van der Waals surface area contributed by atoms with Crippen LogP contribution in [0.2, 0.25) is 0 Å². The minimum atomic E-state index is -0.0912. The van der Waals surface area contributed by atoms with Crippen molar-refractivity contribution in [1.82, 2.24) is 14.8 Å². The van der Waals surface area contributed by atoms with Crippen molar-refractivity contribution < 1.29 is 14.3 Å². The van der Waals surface area contributed by atoms with E-state index >= 15 is 0 Å². The molecule has 1 amide bonds. The molecular formula is C20H22N4O3S. The van der Waals surface area contributed by atoms with Crippen molar-refractivity contribution in [3.8, 4) is 22.9 Å². The molecule has 0 aliphatic rings. The van der Waals surface area contributed by atoms with Crippen LogP contribution in [0.3, 0.4) is 0 Å². The van der Waals surface area contributed by atoms with Crippen LogP contribution in [0.15, 0.2) is 53.7 Å². The number of hydrogen-bond acceptors (Lipinski definition) is 6. The fourth-order valence-corrected chi connectivity index (χ4v) is 3.48. The summed E-state index contributed by atoms with van der Waals surface area (Å²) >= 11 is 1.35. The van der Waals surface area contributed by atoms with Gasteiger partial charge in [-0.1, -0.05) is 30.0 Å². The molecule has 0 aliphatic heterocycles. The van der Waals surface area contributed by atoms with Crippen LogP contribution in [-0.4, -0.2) is 40.6 Å². The zero-order valence-electron chi connectivity index (χ0n) is 16.0. The van der Waals surface area contributed by atoms with Gasteiger partial charge in [0.15, 0.2) is 11.0 Å². The molecule has 1 aromatic heterocycles. The third kappa shape index (κ3) is 4.64. The number of methoxy groups -OCH3 is 2. The van der Waals surface area contributed by atoms with Gasteiger partial charge in [0.05, 0.1) is 20.0 Å². The fraction of sp³-hybridized carbons (Fsp3) is 0.250. The number of rotatable bonds is 8. The largest absolute Gasteiger partial charge is 0.497 e. The molecule has 0 saturated carbocycles. The standard InChI is InChI=1S/C20H22N4O3S/c1-4-24-19(14-10-16(26-2)12-17(11-14)27-3)22-23-20(24)28-13-18(25)21-15-8-6-5-7-9-15/h5-12H,4,13H2,1-3H3,(H,21,25). The lowest BCUT2D eigenvalue weighted by Crippen LogP contribution is -2.14. The van der Waals surface area contributed by atoms with E-state index in [1.807, 2.05) is 54.0 Å². The van der Waals surface area contributed by atoms with Gasteiger partial charge in [0.25, 0.3) is 0 Å². The van der Waals surface area contributed by atoms with Crippen molar-refractivity contribution in [3.05, 3.63) is 48.5 Å². The Hall–Kier alpha value is -3.00. The summed E-state index contributed by atoms with van der Waals surface area (Å²) in [5, 5.41) is 12.1. The Morgan fingerprint density at radius 1 is 1.07 bits per heavy atom. The molecule has 1 N–H and O–H groups in total. The Bertz CT molecular complexity index is 922. The molecule has 7 nitrogen and oxygen atoms in total. The van der Waals surface area contributed by atoms with Crippen molar-refractivity contribution in [2.24, 2.45) is 0 Å². The van der Waals surface area contributed by atoms with Crippen molar-refractivity contribution >= 4 is 23.4 Å². The molecule has 0 bridgehead atoms. The number of hydrogen-bond donors (Lipinski definition) is 1. The second kappa shape index (κ2) is 9.27. The molecule has 8 heteroatoms. The summed E-state index contributed by atoms with van der Waals surface area (Å²) in [5.74, 6) is 2.21. The molecular weight excluding hydrogens is 376 g/mol. The number of ether oxygens (including phenoxy) is 2. The summed E-state index contributed by atoms with van der Waals surface area (Å²) in [4.78, 5) is 12.2. The van der Waals surface area contributed by atoms with Crippen LogP contribution in [0, 0.1) is 0 Å². The van der Waals surface area contributed by atoms with Gasteiger partial charge in [-0.25, -0.2) is 0 Å². The van der Waals surface area contributed by atoms with Gasteiger partial charge >= 0.3 is 0 Å². The van der Waals surface area contributed by atoms with Crippen molar-refractivity contribution in [2.75, 3.05) is 25.3 Å². The molecule has 0 aliphatic carbocycles. The number of benzene rings is 2. The number of para-hydroxylation sites is 1. The average molecular weight is 398 g/mol. The van der Waals surface area contributed by atoms with E-state index in [2.05, 4.69) is 15.5 Å². The Labute approximate surface area is 168 Å². The van der Waals surface area contributed by atoms with E-state index in [1.54, 1.807) is 20.3 Å². The van der Waals surface area contributed by atoms with Crippen LogP contribution < -0.4 is 14.8 Å². The molecule has 3 aromatic rings. The lowest BCUT2D eigenvalue weighted by molar-refractivity contribution is -0.113. The van der Waals surface area contributed by atoms with Gasteiger partial charge in [-0.3, -0.25) is 4.79 Å². The Morgan fingerprint density at radius 2 is 1.75 bits per heavy atom. The van der Waals surface area contributed by atoms with Crippen molar-refractivity contribution in [1.29, 1.82) is 0 Å². The minimum Gasteiger partial charge on any atom is -0.497 e. The molecule has 0 spiro atoms. The Kier molecular flexibility index (Phi) is 6.54. The van der Waals surface area contributed by atoms with Gasteiger partial charge in [0.2, 0.25) is 5.91 Å². The van der Waals surface area contributed by atoms with Gasteiger partial charge in [0, 0.05) is 23.9 Å². The van der Waals surface area contributed by atoms with Crippen LogP contribution in [0.4, 0.5) is 5.69 Å². The lowest BCUT2D eigenvalue weighted by atomic mass is 10.2. The number of thioether (sulfide) groups is 1. The predicted molar refractivity (Wildman–Crippen MR) is 110 cm³/mol. The van der Waals surface area contributed by atoms with Crippen LogP contribution in [0.5, 0.6) is 11.5 Å². The van der Waals surface area contributed by atoms with Gasteiger partial charge in [-0.2, -0.15) is 0 Å². The monoisotopic (exact) mass is 398 g/mol. The summed E-state index contributed by atoms with van der Waals surface area (Å²) in [6.07, 6.45) is 0. The third-order valence-electron chi connectivity index (χ3n) is 4.03. The number of aromatic nitrogens is 3. The second-order valence-corrected chi connectivity index (χ2v) is 6.80. The van der Waals surface area contributed by atoms with E-state index in [0.29, 0.717) is 29.0 Å². The molecule has 0 unspecified atom stereocenters. The summed E-state index contributed by atoms with van der Waals surface area (Å²) < 4.78 is 12.6. The van der Waals surface area contributed by atoms with Gasteiger partial charge in [-0.15, -0.1) is 10.2 Å². The molecule has 2 aromatic carbocycles. The highest BCUT2D eigenvalue weighted by Crippen LogP contribution is 2.30. The van der Waals surface area contributed by atoms with E-state index in [1.165, 1.54) is 11.8 Å². The van der Waals surface area contributed by atoms with Gasteiger partial charge in [-0.05, 0) is 31.2 Å². The van der Waals surface area contributed by atoms with E-state index in [9.17, 15) is 4.79 Å². The molecule has 3 rings (SSSR count). The number of nitrogens with one attached hydrogen (secondary N) is 1. The van der Waals surface area contributed by atoms with Gasteiger partial charge < -0.3 is 19.4 Å². The SMILES string of the molecule is CCn1c(SCC(=O)Nc2ccccc2)nnc1-c1cc(OC)cc(OC)c1. The minimum absolute atomic E-state index is 0.0912. The third-order valence-corrected chi connectivity index (χ3v) is 5.00. The van der Waals surface area contributed by atoms with E-state index in [-0.39, 0.29) is 11.7 Å². The van der Waals surface area contributed by atoms with E-state index < -0.39 is 0 Å². The molecule has 0 fully saturated rings. The fourth-order valence-electron chi connectivity index (χ4n) is 2.68. The first-order chi connectivity index (χ1) is 13.6. The molecule has 28 heavy (non-hydrogen) atoms. The molecule has 146 valence electrons. The average Bonchev–Trinajstić information content (AvgIpc) is 3.15. The number of nitrogens with zero attached hydrogens (tertiary/aromatic N) is 3. The molecule has 0 atom stereocenters. The highest BCUT2D eigenvalue weighted by atomic mass is 32.2. The highest BCUT2D eigenvalue weighted by molar-refractivity contribution is 7.99. The maximum Gasteiger partial charge on any atom is 0.234 e. The molecule has 0 saturated heterocycles. The van der Waals surface area contributed by atoms with Crippen molar-refractivity contribution in [3.63, 3.8) is 0 Å². The molecule has 1 heterocycles. The first-order valence-corrected chi connectivity index (χ1v) is 9.77. The summed E-state index contributed by atoms with van der Waals surface area (Å²) in [7, 11) is 3.21. The topological polar surface area (TPSA) is 78.3 Å². The molecule has 0 radical (unpaired) electrons. The maximum absolute atomic E-state index is 12.2. The number of carbonyl (C=O) groups excluding carboxylic acids is 1. The van der Waals surface area contributed by atoms with Crippen LogP contribution >= 0.6 is 11.8 Å². The Balaban J connectivity index is 1.76. The zero-order chi connectivity index (χ0) is 19.9. The van der Waals surface area contributed by atoms with Crippen molar-refractivity contribution in [2.45, 2.75) is 18.6 Å². The first-order valence-electron chi connectivity index (χ1n) is 8.79. The normalized spacial score (nSPS) is 10.5. The number of amides is 1. The lowest BCUT2D eigenvalue weighted by Gasteiger charge is -2.10. The van der Waals surface area contributed by atoms with Crippen LogP contribution in [0.25, 0.3) is 11.4 Å². The number of carbonyl (C=O) groups is 1. The van der Waals surface area contributed by atoms with Gasteiger partial charge in [0.1, 0.15) is 11.5 Å². The predicted octanol–water partition coefficient (Wildman–Crippen LogP) is 3.71. The Morgan fingerprint density at radius 3 is 2.36 bits per heavy atom. The summed E-state index contributed by atoms with van der Waals surface area (Å²) in [6.45, 7) is 2.68. The first kappa shape index (κ1) is 19.8.